The number of benzene rings is 4. The molecule has 8 heteroatoms. The van der Waals surface area contributed by atoms with E-state index in [1.54, 1.807) is 27.7 Å². The van der Waals surface area contributed by atoms with Crippen LogP contribution in [-0.2, 0) is 46.2 Å². The van der Waals surface area contributed by atoms with Gasteiger partial charge in [0, 0.05) is 13.2 Å². The number of esters is 2. The van der Waals surface area contributed by atoms with Gasteiger partial charge < -0.3 is 24.3 Å². The number of amides is 1. The summed E-state index contributed by atoms with van der Waals surface area (Å²) < 4.78 is 22.4. The summed E-state index contributed by atoms with van der Waals surface area (Å²) in [7, 11) is 0. The third-order valence-corrected chi connectivity index (χ3v) is 8.33. The molecule has 0 saturated carbocycles. The highest BCUT2D eigenvalue weighted by Crippen LogP contribution is 2.20. The second-order valence-corrected chi connectivity index (χ2v) is 13.6. The summed E-state index contributed by atoms with van der Waals surface area (Å²) in [4.78, 5) is 39.1. The smallest absolute Gasteiger partial charge is 0.339 e. The molecule has 2 atom stereocenters. The molecule has 0 radical (unpaired) electrons. The average molecular weight is 684 g/mol. The van der Waals surface area contributed by atoms with E-state index in [2.05, 4.69) is 66.0 Å². The number of carbonyl (C=O) groups excluding carboxylic acids is 3. The maximum atomic E-state index is 13.5. The summed E-state index contributed by atoms with van der Waals surface area (Å²) in [6, 6.07) is 29.7. The monoisotopic (exact) mass is 683 g/mol. The van der Waals surface area contributed by atoms with E-state index < -0.39 is 42.3 Å². The molecule has 268 valence electrons. The van der Waals surface area contributed by atoms with Crippen molar-refractivity contribution in [2.75, 3.05) is 26.4 Å². The third kappa shape index (κ3) is 12.9. The molecule has 8 nitrogen and oxygen atoms in total. The van der Waals surface area contributed by atoms with Gasteiger partial charge in [0.2, 0.25) is 0 Å². The van der Waals surface area contributed by atoms with Crippen LogP contribution in [0.2, 0.25) is 0 Å². The lowest BCUT2D eigenvalue weighted by Gasteiger charge is -2.28. The van der Waals surface area contributed by atoms with Crippen LogP contribution < -0.4 is 5.32 Å². The molecule has 0 aliphatic heterocycles. The van der Waals surface area contributed by atoms with Gasteiger partial charge in [-0.25, -0.2) is 9.59 Å². The highest BCUT2D eigenvalue weighted by atomic mass is 16.6. The number of fused-ring (bicyclic) bond motifs is 2. The van der Waals surface area contributed by atoms with Crippen molar-refractivity contribution in [2.45, 2.75) is 96.9 Å². The highest BCUT2D eigenvalue weighted by molar-refractivity contribution is 5.89. The van der Waals surface area contributed by atoms with Crippen LogP contribution in [0.3, 0.4) is 0 Å². The summed E-state index contributed by atoms with van der Waals surface area (Å²) in [6.07, 6.45) is 4.26. The molecular formula is C42H53NO7. The molecule has 1 amide bonds. The normalized spacial score (nSPS) is 12.8. The Morgan fingerprint density at radius 2 is 1.22 bits per heavy atom. The highest BCUT2D eigenvalue weighted by Gasteiger charge is 2.39. The predicted molar refractivity (Wildman–Crippen MR) is 198 cm³/mol. The lowest BCUT2D eigenvalue weighted by Crippen LogP contribution is -2.51. The van der Waals surface area contributed by atoms with Gasteiger partial charge >= 0.3 is 11.9 Å². The van der Waals surface area contributed by atoms with Gasteiger partial charge in [-0.05, 0) is 98.9 Å². The largest absolute Gasteiger partial charge is 0.464 e. The fourth-order valence-electron chi connectivity index (χ4n) is 5.85. The van der Waals surface area contributed by atoms with Gasteiger partial charge in [0.05, 0.1) is 6.61 Å². The Kier molecular flexibility index (Phi) is 15.3. The van der Waals surface area contributed by atoms with Gasteiger partial charge in [-0.3, -0.25) is 4.79 Å². The van der Waals surface area contributed by atoms with Crippen LogP contribution >= 0.6 is 0 Å². The molecule has 0 fully saturated rings. The van der Waals surface area contributed by atoms with Crippen molar-refractivity contribution in [3.05, 3.63) is 96.1 Å². The third-order valence-electron chi connectivity index (χ3n) is 8.33. The maximum absolute atomic E-state index is 13.5. The molecule has 0 heterocycles. The number of nitrogens with one attached hydrogen (secondary N) is 1. The molecule has 4 aromatic rings. The van der Waals surface area contributed by atoms with E-state index >= 15 is 0 Å². The van der Waals surface area contributed by atoms with Crippen molar-refractivity contribution in [1.29, 1.82) is 0 Å². The number of ether oxygens (including phenoxy) is 4. The lowest BCUT2D eigenvalue weighted by atomic mass is 10.0. The van der Waals surface area contributed by atoms with E-state index in [9.17, 15) is 14.4 Å². The number of hydrogen-bond acceptors (Lipinski definition) is 7. The first-order chi connectivity index (χ1) is 24.1. The molecule has 0 aliphatic rings. The second-order valence-electron chi connectivity index (χ2n) is 13.6. The number of carbonyl (C=O) groups is 3. The van der Waals surface area contributed by atoms with Crippen molar-refractivity contribution in [2.24, 2.45) is 0 Å². The van der Waals surface area contributed by atoms with Gasteiger partial charge in [0.15, 0.2) is 12.2 Å². The molecular weight excluding hydrogens is 630 g/mol. The van der Waals surface area contributed by atoms with E-state index in [0.717, 1.165) is 44.9 Å². The Labute approximate surface area is 296 Å². The Hall–Kier alpha value is -4.27. The Bertz CT molecular complexity index is 1680. The zero-order valence-electron chi connectivity index (χ0n) is 30.1. The van der Waals surface area contributed by atoms with Crippen LogP contribution in [0.5, 0.6) is 0 Å². The summed E-state index contributed by atoms with van der Waals surface area (Å²) in [6.45, 7) is 7.24. The predicted octanol–water partition coefficient (Wildman–Crippen LogP) is 7.91. The van der Waals surface area contributed by atoms with Crippen molar-refractivity contribution >= 4 is 39.4 Å². The molecule has 0 aliphatic carbocycles. The first-order valence-electron chi connectivity index (χ1n) is 18.0. The summed E-state index contributed by atoms with van der Waals surface area (Å²) >= 11 is 0. The van der Waals surface area contributed by atoms with E-state index in [1.807, 2.05) is 24.3 Å². The molecule has 4 aromatic carbocycles. The molecule has 1 N–H and O–H groups in total. The fraction of sp³-hybridized carbons (Fsp3) is 0.452. The lowest BCUT2D eigenvalue weighted by molar-refractivity contribution is -0.185. The number of hydrogen-bond donors (Lipinski definition) is 1. The Morgan fingerprint density at radius 3 is 1.78 bits per heavy atom. The van der Waals surface area contributed by atoms with Crippen LogP contribution in [-0.4, -0.2) is 62.0 Å². The molecule has 0 bridgehead atoms. The summed E-state index contributed by atoms with van der Waals surface area (Å²) in [5.41, 5.74) is 1.74. The maximum Gasteiger partial charge on any atom is 0.339 e. The van der Waals surface area contributed by atoms with Crippen LogP contribution in [0, 0.1) is 0 Å². The second kappa shape index (κ2) is 19.8. The van der Waals surface area contributed by atoms with E-state index in [1.165, 1.54) is 32.7 Å². The first-order valence-corrected chi connectivity index (χ1v) is 18.0. The van der Waals surface area contributed by atoms with Gasteiger partial charge in [-0.15, -0.1) is 0 Å². The number of rotatable bonds is 20. The standard InChI is InChI=1S/C42H53NO7/c1-5-47-37(44)30-49-38(40(45)43-26-14-6-8-16-31-22-24-33-18-10-12-20-35(33)28-31)39(41(46)50-42(2,3)4)48-27-15-7-9-17-32-23-25-34-19-11-13-21-36(34)29-32/h10-13,18-25,28-29,38-39H,5-9,14-17,26-27,30H2,1-4H3,(H,43,45)/t38-,39-/m1/s1. The van der Waals surface area contributed by atoms with Gasteiger partial charge in [0.1, 0.15) is 12.2 Å². The topological polar surface area (TPSA) is 100 Å². The van der Waals surface area contributed by atoms with Crippen molar-refractivity contribution in [1.82, 2.24) is 5.32 Å². The molecule has 0 spiro atoms. The minimum atomic E-state index is -1.38. The van der Waals surface area contributed by atoms with Crippen LogP contribution in [0.1, 0.15) is 77.3 Å². The minimum absolute atomic E-state index is 0.170. The van der Waals surface area contributed by atoms with Gasteiger partial charge in [-0.1, -0.05) is 97.8 Å². The molecule has 0 aromatic heterocycles. The zero-order valence-corrected chi connectivity index (χ0v) is 30.1. The van der Waals surface area contributed by atoms with Crippen molar-refractivity contribution < 1.29 is 33.3 Å². The van der Waals surface area contributed by atoms with E-state index in [-0.39, 0.29) is 13.2 Å². The molecule has 4 rings (SSSR count). The summed E-state index contributed by atoms with van der Waals surface area (Å²) in [5.74, 6) is -1.88. The number of unbranched alkanes of at least 4 members (excludes halogenated alkanes) is 4. The zero-order chi connectivity index (χ0) is 35.8. The van der Waals surface area contributed by atoms with Crippen molar-refractivity contribution in [3.8, 4) is 0 Å². The molecule has 0 unspecified atom stereocenters. The van der Waals surface area contributed by atoms with E-state index in [0.29, 0.717) is 13.0 Å². The summed E-state index contributed by atoms with van der Waals surface area (Å²) in [5, 5.41) is 7.80. The van der Waals surface area contributed by atoms with Crippen LogP contribution in [0.25, 0.3) is 21.5 Å². The van der Waals surface area contributed by atoms with Gasteiger partial charge in [-0.2, -0.15) is 0 Å². The van der Waals surface area contributed by atoms with E-state index in [4.69, 9.17) is 18.9 Å². The number of aryl methyl sites for hydroxylation is 2. The van der Waals surface area contributed by atoms with Crippen molar-refractivity contribution in [3.63, 3.8) is 0 Å². The Morgan fingerprint density at radius 1 is 0.660 bits per heavy atom. The van der Waals surface area contributed by atoms with Crippen LogP contribution in [0.15, 0.2) is 84.9 Å². The fourth-order valence-corrected chi connectivity index (χ4v) is 5.85. The Balaban J connectivity index is 1.30. The SMILES string of the molecule is CCOC(=O)CO[C@@H](C(=O)NCCCCCc1ccc2ccccc2c1)[C@@H](OCCCCCc1ccc2ccccc2c1)C(=O)OC(C)(C)C. The molecule has 0 saturated heterocycles. The first kappa shape index (κ1) is 38.5. The minimum Gasteiger partial charge on any atom is -0.464 e. The van der Waals surface area contributed by atoms with Crippen LogP contribution in [0.4, 0.5) is 0 Å². The van der Waals surface area contributed by atoms with Gasteiger partial charge in [0.25, 0.3) is 5.91 Å². The molecule has 50 heavy (non-hydrogen) atoms. The average Bonchev–Trinajstić information content (AvgIpc) is 3.09. The quantitative estimate of drug-likeness (QED) is 0.0747.